The number of anilines is 1. The van der Waals surface area contributed by atoms with Gasteiger partial charge in [-0.15, -0.1) is 0 Å². The Morgan fingerprint density at radius 3 is 2.93 bits per heavy atom. The second-order valence-electron chi connectivity index (χ2n) is 3.04. The van der Waals surface area contributed by atoms with E-state index in [2.05, 4.69) is 5.32 Å². The average Bonchev–Trinajstić information content (AvgIpc) is 2.21. The predicted octanol–water partition coefficient (Wildman–Crippen LogP) is 1.86. The predicted molar refractivity (Wildman–Crippen MR) is 56.6 cm³/mol. The maximum Gasteiger partial charge on any atom is 0.238 e. The van der Waals surface area contributed by atoms with Crippen LogP contribution < -0.4 is 10.1 Å². The lowest BCUT2D eigenvalue weighted by molar-refractivity contribution is -0.115. The number of hydrogen-bond donors (Lipinski definition) is 1. The van der Waals surface area contributed by atoms with Gasteiger partial charge in [0.2, 0.25) is 5.91 Å². The van der Waals surface area contributed by atoms with Crippen LogP contribution in [-0.4, -0.2) is 13.0 Å². The molecule has 1 aromatic rings. The maximum absolute atomic E-state index is 11.2. The molecule has 0 saturated heterocycles. The Morgan fingerprint density at radius 2 is 2.33 bits per heavy atom. The summed E-state index contributed by atoms with van der Waals surface area (Å²) >= 11 is 0. The molecule has 0 aromatic heterocycles. The fourth-order valence-corrected chi connectivity index (χ4v) is 1.23. The number of benzene rings is 1. The zero-order valence-corrected chi connectivity index (χ0v) is 8.70. The van der Waals surface area contributed by atoms with E-state index in [0.717, 1.165) is 5.56 Å². The molecule has 0 aliphatic rings. The highest BCUT2D eigenvalue weighted by atomic mass is 16.5. The van der Waals surface area contributed by atoms with Gasteiger partial charge in [0.25, 0.3) is 0 Å². The molecule has 0 radical (unpaired) electrons. The van der Waals surface area contributed by atoms with Crippen LogP contribution in [0.3, 0.4) is 0 Å². The van der Waals surface area contributed by atoms with Crippen LogP contribution in [-0.2, 0) is 4.79 Å². The monoisotopic (exact) mass is 204 g/mol. The molecule has 0 atom stereocenters. The van der Waals surface area contributed by atoms with E-state index in [1.165, 1.54) is 7.11 Å². The van der Waals surface area contributed by atoms with Crippen LogP contribution in [0.25, 0.3) is 0 Å². The summed E-state index contributed by atoms with van der Waals surface area (Å²) < 4.78 is 5.11. The highest BCUT2D eigenvalue weighted by Crippen LogP contribution is 2.27. The zero-order valence-electron chi connectivity index (χ0n) is 8.70. The number of carbonyl (C=O) groups is 1. The summed E-state index contributed by atoms with van der Waals surface area (Å²) in [7, 11) is 1.54. The Hall–Kier alpha value is -2.02. The molecule has 0 spiro atoms. The van der Waals surface area contributed by atoms with Crippen LogP contribution in [0.15, 0.2) is 18.2 Å². The number of carbonyl (C=O) groups excluding carboxylic acids is 1. The van der Waals surface area contributed by atoms with E-state index in [1.54, 1.807) is 12.1 Å². The summed E-state index contributed by atoms with van der Waals surface area (Å²) in [4.78, 5) is 11.2. The van der Waals surface area contributed by atoms with Crippen LogP contribution >= 0.6 is 0 Å². The second kappa shape index (κ2) is 5.01. The van der Waals surface area contributed by atoms with Gasteiger partial charge >= 0.3 is 0 Å². The van der Waals surface area contributed by atoms with Crippen LogP contribution in [0, 0.1) is 18.3 Å². The lowest BCUT2D eigenvalue weighted by Crippen LogP contribution is -2.12. The molecule has 0 bridgehead atoms. The van der Waals surface area contributed by atoms with Gasteiger partial charge in [-0.2, -0.15) is 5.26 Å². The van der Waals surface area contributed by atoms with Gasteiger partial charge in [-0.3, -0.25) is 4.79 Å². The van der Waals surface area contributed by atoms with Crippen LogP contribution in [0.4, 0.5) is 5.69 Å². The molecular formula is C11H12N2O2. The number of hydrogen-bond acceptors (Lipinski definition) is 3. The summed E-state index contributed by atoms with van der Waals surface area (Å²) in [6, 6.07) is 7.26. The van der Waals surface area contributed by atoms with E-state index in [4.69, 9.17) is 10.00 Å². The third-order valence-corrected chi connectivity index (χ3v) is 1.96. The van der Waals surface area contributed by atoms with Gasteiger partial charge in [0.15, 0.2) is 0 Å². The normalized spacial score (nSPS) is 9.13. The SMILES string of the molecule is COc1cccc(C)c1NC(=O)CC#N. The minimum atomic E-state index is -0.329. The average molecular weight is 204 g/mol. The second-order valence-corrected chi connectivity index (χ2v) is 3.04. The first-order valence-corrected chi connectivity index (χ1v) is 4.49. The maximum atomic E-state index is 11.2. The van der Waals surface area contributed by atoms with Crippen molar-refractivity contribution in [1.29, 1.82) is 5.26 Å². The van der Waals surface area contributed by atoms with E-state index in [0.29, 0.717) is 11.4 Å². The van der Waals surface area contributed by atoms with Crippen molar-refractivity contribution in [1.82, 2.24) is 0 Å². The van der Waals surface area contributed by atoms with Crippen molar-refractivity contribution in [3.8, 4) is 11.8 Å². The third-order valence-electron chi connectivity index (χ3n) is 1.96. The first-order chi connectivity index (χ1) is 7.19. The van der Waals surface area contributed by atoms with Gasteiger partial charge in [-0.25, -0.2) is 0 Å². The molecule has 1 aromatic carbocycles. The van der Waals surface area contributed by atoms with Crippen molar-refractivity contribution >= 4 is 11.6 Å². The Bertz CT molecular complexity index is 408. The van der Waals surface area contributed by atoms with Crippen LogP contribution in [0.2, 0.25) is 0 Å². The van der Waals surface area contributed by atoms with Gasteiger partial charge < -0.3 is 10.1 Å². The quantitative estimate of drug-likeness (QED) is 0.817. The Balaban J connectivity index is 2.93. The van der Waals surface area contributed by atoms with Gasteiger partial charge in [-0.05, 0) is 18.6 Å². The smallest absolute Gasteiger partial charge is 0.238 e. The van der Waals surface area contributed by atoms with E-state index >= 15 is 0 Å². The lowest BCUT2D eigenvalue weighted by Gasteiger charge is -2.11. The van der Waals surface area contributed by atoms with Crippen molar-refractivity contribution in [2.45, 2.75) is 13.3 Å². The Kier molecular flexibility index (Phi) is 3.69. The number of rotatable bonds is 3. The van der Waals surface area contributed by atoms with Gasteiger partial charge in [0.05, 0.1) is 18.9 Å². The van der Waals surface area contributed by atoms with E-state index in [-0.39, 0.29) is 12.3 Å². The third kappa shape index (κ3) is 2.71. The minimum Gasteiger partial charge on any atom is -0.495 e. The number of nitrogens with zero attached hydrogens (tertiary/aromatic N) is 1. The number of amides is 1. The summed E-state index contributed by atoms with van der Waals surface area (Å²) in [6.45, 7) is 1.87. The number of aryl methyl sites for hydroxylation is 1. The highest BCUT2D eigenvalue weighted by molar-refractivity contribution is 5.94. The Labute approximate surface area is 88.5 Å². The molecule has 0 aliphatic heterocycles. The van der Waals surface area contributed by atoms with E-state index in [9.17, 15) is 4.79 Å². The summed E-state index contributed by atoms with van der Waals surface area (Å²) in [5.74, 6) is 0.270. The summed E-state index contributed by atoms with van der Waals surface area (Å²) in [5, 5.41) is 11.0. The largest absolute Gasteiger partial charge is 0.495 e. The fourth-order valence-electron chi connectivity index (χ4n) is 1.23. The van der Waals surface area contributed by atoms with E-state index < -0.39 is 0 Å². The minimum absolute atomic E-state index is 0.155. The lowest BCUT2D eigenvalue weighted by atomic mass is 10.2. The summed E-state index contributed by atoms with van der Waals surface area (Å²) in [5.41, 5.74) is 1.53. The van der Waals surface area contributed by atoms with Crippen molar-refractivity contribution in [3.63, 3.8) is 0 Å². The number of para-hydroxylation sites is 1. The first kappa shape index (κ1) is 11.1. The molecule has 0 unspecified atom stereocenters. The van der Waals surface area contributed by atoms with Gasteiger partial charge in [0.1, 0.15) is 12.2 Å². The number of nitriles is 1. The van der Waals surface area contributed by atoms with Crippen LogP contribution in [0.1, 0.15) is 12.0 Å². The van der Waals surface area contributed by atoms with Gasteiger partial charge in [-0.1, -0.05) is 12.1 Å². The molecule has 4 nitrogen and oxygen atoms in total. The molecule has 1 N–H and O–H groups in total. The van der Waals surface area contributed by atoms with Crippen molar-refractivity contribution < 1.29 is 9.53 Å². The van der Waals surface area contributed by atoms with Crippen LogP contribution in [0.5, 0.6) is 5.75 Å². The molecular weight excluding hydrogens is 192 g/mol. The van der Waals surface area contributed by atoms with Gasteiger partial charge in [0, 0.05) is 0 Å². The fraction of sp³-hybridized carbons (Fsp3) is 0.273. The first-order valence-electron chi connectivity index (χ1n) is 4.49. The molecule has 0 aliphatic carbocycles. The number of ether oxygens (including phenoxy) is 1. The molecule has 78 valence electrons. The Morgan fingerprint density at radius 1 is 1.60 bits per heavy atom. The zero-order chi connectivity index (χ0) is 11.3. The van der Waals surface area contributed by atoms with Crippen molar-refractivity contribution in [3.05, 3.63) is 23.8 Å². The standard InChI is InChI=1S/C11H12N2O2/c1-8-4-3-5-9(15-2)11(8)13-10(14)6-7-12/h3-5H,6H2,1-2H3,(H,13,14). The molecule has 0 saturated carbocycles. The molecule has 0 heterocycles. The highest BCUT2D eigenvalue weighted by Gasteiger charge is 2.08. The van der Waals surface area contributed by atoms with Crippen molar-refractivity contribution in [2.75, 3.05) is 12.4 Å². The molecule has 0 fully saturated rings. The molecule has 1 amide bonds. The topological polar surface area (TPSA) is 62.1 Å². The number of nitrogens with one attached hydrogen (secondary N) is 1. The van der Waals surface area contributed by atoms with Crippen molar-refractivity contribution in [2.24, 2.45) is 0 Å². The summed E-state index contributed by atoms with van der Waals surface area (Å²) in [6.07, 6.45) is -0.155. The molecule has 15 heavy (non-hydrogen) atoms. The molecule has 1 rings (SSSR count). The molecule has 4 heteroatoms. The number of methoxy groups -OCH3 is 1. The van der Waals surface area contributed by atoms with E-state index in [1.807, 2.05) is 19.1 Å².